The minimum absolute atomic E-state index is 0.273. The van der Waals surface area contributed by atoms with Crippen LogP contribution in [0, 0.1) is 13.8 Å². The first-order valence-corrected chi connectivity index (χ1v) is 6.42. The standard InChI is InChI=1S/C12H10N4O2S/c1-6-13-9-5-8(3-4-10(9)18-6)14-11(17)12-16-15-7(2)19-12/h3-5H,1-2H3,(H,14,17). The highest BCUT2D eigenvalue weighted by atomic mass is 32.1. The Morgan fingerprint density at radius 1 is 1.32 bits per heavy atom. The van der Waals surface area contributed by atoms with Crippen LogP contribution >= 0.6 is 11.3 Å². The van der Waals surface area contributed by atoms with E-state index >= 15 is 0 Å². The molecule has 0 bridgehead atoms. The highest BCUT2D eigenvalue weighted by Gasteiger charge is 2.12. The van der Waals surface area contributed by atoms with E-state index in [0.29, 0.717) is 27.7 Å². The van der Waals surface area contributed by atoms with E-state index in [-0.39, 0.29) is 5.91 Å². The van der Waals surface area contributed by atoms with Crippen molar-refractivity contribution in [2.75, 3.05) is 5.32 Å². The molecule has 3 rings (SSSR count). The fourth-order valence-corrected chi connectivity index (χ4v) is 2.28. The smallest absolute Gasteiger partial charge is 0.286 e. The van der Waals surface area contributed by atoms with Gasteiger partial charge in [-0.1, -0.05) is 11.3 Å². The number of carbonyl (C=O) groups excluding carboxylic acids is 1. The Morgan fingerprint density at radius 3 is 2.89 bits per heavy atom. The van der Waals surface area contributed by atoms with Gasteiger partial charge in [-0.05, 0) is 25.1 Å². The lowest BCUT2D eigenvalue weighted by Gasteiger charge is -2.01. The number of aryl methyl sites for hydroxylation is 2. The maximum Gasteiger partial charge on any atom is 0.286 e. The molecule has 1 aromatic carbocycles. The number of oxazole rings is 1. The van der Waals surface area contributed by atoms with Gasteiger partial charge in [0.05, 0.1) is 0 Å². The number of rotatable bonds is 2. The Kier molecular flexibility index (Phi) is 2.75. The summed E-state index contributed by atoms with van der Waals surface area (Å²) in [6.45, 7) is 3.58. The molecule has 2 aromatic heterocycles. The second-order valence-electron chi connectivity index (χ2n) is 4.00. The SMILES string of the molecule is Cc1nc2cc(NC(=O)c3nnc(C)s3)ccc2o1. The van der Waals surface area contributed by atoms with Crippen molar-refractivity contribution in [3.8, 4) is 0 Å². The molecule has 7 heteroatoms. The molecule has 0 aliphatic carbocycles. The van der Waals surface area contributed by atoms with Gasteiger partial charge in [-0.15, -0.1) is 10.2 Å². The minimum atomic E-state index is -0.273. The molecule has 2 heterocycles. The number of hydrogen-bond acceptors (Lipinski definition) is 6. The van der Waals surface area contributed by atoms with Crippen LogP contribution in [0.15, 0.2) is 22.6 Å². The molecule has 0 atom stereocenters. The summed E-state index contributed by atoms with van der Waals surface area (Å²) < 4.78 is 5.37. The van der Waals surface area contributed by atoms with E-state index in [9.17, 15) is 4.79 Å². The third kappa shape index (κ3) is 2.32. The third-order valence-electron chi connectivity index (χ3n) is 2.47. The number of benzene rings is 1. The molecule has 0 aliphatic heterocycles. The van der Waals surface area contributed by atoms with Gasteiger partial charge in [0.25, 0.3) is 5.91 Å². The molecule has 6 nitrogen and oxygen atoms in total. The summed E-state index contributed by atoms with van der Waals surface area (Å²) in [5.74, 6) is 0.323. The van der Waals surface area contributed by atoms with Crippen molar-refractivity contribution in [1.29, 1.82) is 0 Å². The maximum absolute atomic E-state index is 11.9. The molecule has 0 spiro atoms. The fourth-order valence-electron chi connectivity index (χ4n) is 1.69. The lowest BCUT2D eigenvalue weighted by Crippen LogP contribution is -2.11. The van der Waals surface area contributed by atoms with Crippen molar-refractivity contribution in [2.24, 2.45) is 0 Å². The molecule has 3 aromatic rings. The van der Waals surface area contributed by atoms with Crippen LogP contribution in [0.3, 0.4) is 0 Å². The third-order valence-corrected chi connectivity index (χ3v) is 3.31. The van der Waals surface area contributed by atoms with Gasteiger partial charge in [0.1, 0.15) is 10.5 Å². The number of aromatic nitrogens is 3. The van der Waals surface area contributed by atoms with Crippen LogP contribution in [-0.4, -0.2) is 21.1 Å². The van der Waals surface area contributed by atoms with E-state index in [0.717, 1.165) is 5.01 Å². The zero-order valence-electron chi connectivity index (χ0n) is 10.3. The monoisotopic (exact) mass is 274 g/mol. The van der Waals surface area contributed by atoms with Crippen LogP contribution < -0.4 is 5.32 Å². The Bertz CT molecular complexity index is 762. The zero-order valence-corrected chi connectivity index (χ0v) is 11.1. The van der Waals surface area contributed by atoms with E-state index in [4.69, 9.17) is 4.42 Å². The number of hydrogen-bond donors (Lipinski definition) is 1. The molecule has 96 valence electrons. The van der Waals surface area contributed by atoms with Crippen molar-refractivity contribution < 1.29 is 9.21 Å². The number of anilines is 1. The van der Waals surface area contributed by atoms with Crippen LogP contribution in [0.2, 0.25) is 0 Å². The number of fused-ring (bicyclic) bond motifs is 1. The molecule has 0 saturated carbocycles. The van der Waals surface area contributed by atoms with Crippen LogP contribution in [0.1, 0.15) is 20.7 Å². The quantitative estimate of drug-likeness (QED) is 0.776. The topological polar surface area (TPSA) is 80.9 Å². The average Bonchev–Trinajstić information content (AvgIpc) is 2.93. The van der Waals surface area contributed by atoms with Crippen LogP contribution in [0.4, 0.5) is 5.69 Å². The summed E-state index contributed by atoms with van der Waals surface area (Å²) in [5, 5.41) is 11.5. The molecule has 0 aliphatic rings. The van der Waals surface area contributed by atoms with Crippen LogP contribution in [-0.2, 0) is 0 Å². The van der Waals surface area contributed by atoms with E-state index < -0.39 is 0 Å². The molecule has 0 fully saturated rings. The summed E-state index contributed by atoms with van der Waals surface area (Å²) >= 11 is 1.25. The first-order chi connectivity index (χ1) is 9.11. The summed E-state index contributed by atoms with van der Waals surface area (Å²) in [7, 11) is 0. The summed E-state index contributed by atoms with van der Waals surface area (Å²) in [5.41, 5.74) is 2.06. The first kappa shape index (κ1) is 11.8. The van der Waals surface area contributed by atoms with Gasteiger partial charge in [-0.3, -0.25) is 4.79 Å². The van der Waals surface area contributed by atoms with Crippen molar-refractivity contribution in [1.82, 2.24) is 15.2 Å². The van der Waals surface area contributed by atoms with E-state index in [1.807, 2.05) is 0 Å². The van der Waals surface area contributed by atoms with Crippen molar-refractivity contribution >= 4 is 34.0 Å². The second-order valence-corrected chi connectivity index (χ2v) is 5.18. The molecule has 0 saturated heterocycles. The normalized spacial score (nSPS) is 10.8. The predicted octanol–water partition coefficient (Wildman–Crippen LogP) is 2.55. The summed E-state index contributed by atoms with van der Waals surface area (Å²) in [6, 6.07) is 5.30. The van der Waals surface area contributed by atoms with Gasteiger partial charge in [-0.2, -0.15) is 0 Å². The molecule has 0 radical (unpaired) electrons. The van der Waals surface area contributed by atoms with Gasteiger partial charge < -0.3 is 9.73 Å². The zero-order chi connectivity index (χ0) is 13.4. The van der Waals surface area contributed by atoms with E-state index in [1.165, 1.54) is 11.3 Å². The predicted molar refractivity (Wildman–Crippen MR) is 71.3 cm³/mol. The van der Waals surface area contributed by atoms with Crippen molar-refractivity contribution in [3.63, 3.8) is 0 Å². The summed E-state index contributed by atoms with van der Waals surface area (Å²) in [6.07, 6.45) is 0. The highest BCUT2D eigenvalue weighted by molar-refractivity contribution is 7.13. The van der Waals surface area contributed by atoms with Gasteiger partial charge in [0, 0.05) is 12.6 Å². The number of amides is 1. The Labute approximate surface area is 112 Å². The van der Waals surface area contributed by atoms with Gasteiger partial charge in [0.2, 0.25) is 5.01 Å². The van der Waals surface area contributed by atoms with Crippen LogP contribution in [0.5, 0.6) is 0 Å². The minimum Gasteiger partial charge on any atom is -0.441 e. The lowest BCUT2D eigenvalue weighted by atomic mass is 10.3. The van der Waals surface area contributed by atoms with Gasteiger partial charge >= 0.3 is 0 Å². The first-order valence-electron chi connectivity index (χ1n) is 5.60. The average molecular weight is 274 g/mol. The Morgan fingerprint density at radius 2 is 2.16 bits per heavy atom. The number of nitrogens with one attached hydrogen (secondary N) is 1. The van der Waals surface area contributed by atoms with E-state index in [1.54, 1.807) is 32.0 Å². The molecular weight excluding hydrogens is 264 g/mol. The van der Waals surface area contributed by atoms with Crippen molar-refractivity contribution in [2.45, 2.75) is 13.8 Å². The van der Waals surface area contributed by atoms with E-state index in [2.05, 4.69) is 20.5 Å². The second kappa shape index (κ2) is 4.43. The highest BCUT2D eigenvalue weighted by Crippen LogP contribution is 2.20. The molecule has 19 heavy (non-hydrogen) atoms. The van der Waals surface area contributed by atoms with Crippen molar-refractivity contribution in [3.05, 3.63) is 34.1 Å². The van der Waals surface area contributed by atoms with Crippen LogP contribution in [0.25, 0.3) is 11.1 Å². The lowest BCUT2D eigenvalue weighted by molar-refractivity contribution is 0.102. The largest absolute Gasteiger partial charge is 0.441 e. The summed E-state index contributed by atoms with van der Waals surface area (Å²) in [4.78, 5) is 16.1. The number of carbonyl (C=O) groups is 1. The van der Waals surface area contributed by atoms with Gasteiger partial charge in [0.15, 0.2) is 11.5 Å². The Hall–Kier alpha value is -2.28. The van der Waals surface area contributed by atoms with Gasteiger partial charge in [-0.25, -0.2) is 4.98 Å². The maximum atomic E-state index is 11.9. The molecular formula is C12H10N4O2S. The molecule has 0 unspecified atom stereocenters. The Balaban J connectivity index is 1.86. The molecule has 1 amide bonds. The fraction of sp³-hybridized carbons (Fsp3) is 0.167. The number of nitrogens with zero attached hydrogens (tertiary/aromatic N) is 3. The molecule has 1 N–H and O–H groups in total.